The Hall–Kier alpha value is -1.64. The van der Waals surface area contributed by atoms with Crippen LogP contribution in [0.4, 0.5) is 0 Å². The van der Waals surface area contributed by atoms with Crippen LogP contribution in [0.1, 0.15) is 42.5 Å². The van der Waals surface area contributed by atoms with Gasteiger partial charge in [0.1, 0.15) is 5.75 Å². The molecule has 0 aliphatic carbocycles. The van der Waals surface area contributed by atoms with Gasteiger partial charge in [0, 0.05) is 26.2 Å². The zero-order valence-electron chi connectivity index (χ0n) is 15.9. The summed E-state index contributed by atoms with van der Waals surface area (Å²) in [6.45, 7) is 2.84. The minimum atomic E-state index is -3.62. The Morgan fingerprint density at radius 2 is 1.89 bits per heavy atom. The highest BCUT2D eigenvalue weighted by Gasteiger charge is 2.30. The Kier molecular flexibility index (Phi) is 6.39. The molecule has 1 aromatic carbocycles. The standard InChI is InChI=1S/C19H29N3O4S/c1-26-18-7-6-16(27(24,25)22-9-4-2-3-5-10-22)12-17(18)19(23)21-11-8-15(13-20)14-21/h6-7,12,15H,2-5,8-11,13-14,20H2,1H3. The molecule has 0 saturated carbocycles. The minimum absolute atomic E-state index is 0.156. The fourth-order valence-electron chi connectivity index (χ4n) is 3.83. The van der Waals surface area contributed by atoms with Crippen molar-refractivity contribution in [3.05, 3.63) is 23.8 Å². The number of ether oxygens (including phenoxy) is 1. The van der Waals surface area contributed by atoms with E-state index in [9.17, 15) is 13.2 Å². The summed E-state index contributed by atoms with van der Waals surface area (Å²) in [5.74, 6) is 0.491. The normalized spacial score (nSPS) is 21.9. The molecule has 2 aliphatic heterocycles. The van der Waals surface area contributed by atoms with Crippen molar-refractivity contribution in [1.82, 2.24) is 9.21 Å². The van der Waals surface area contributed by atoms with Gasteiger partial charge in [0.15, 0.2) is 0 Å². The number of hydrogen-bond donors (Lipinski definition) is 1. The zero-order chi connectivity index (χ0) is 19.4. The molecule has 0 aromatic heterocycles. The van der Waals surface area contributed by atoms with E-state index >= 15 is 0 Å². The molecule has 1 aromatic rings. The van der Waals surface area contributed by atoms with E-state index in [2.05, 4.69) is 0 Å². The van der Waals surface area contributed by atoms with Crippen LogP contribution in [0.2, 0.25) is 0 Å². The average Bonchev–Trinajstić information content (AvgIpc) is 2.99. The number of likely N-dealkylation sites (tertiary alicyclic amines) is 1. The molecule has 0 bridgehead atoms. The van der Waals surface area contributed by atoms with Crippen LogP contribution >= 0.6 is 0 Å². The van der Waals surface area contributed by atoms with Crippen molar-refractivity contribution in [1.29, 1.82) is 0 Å². The van der Waals surface area contributed by atoms with Gasteiger partial charge in [0.2, 0.25) is 10.0 Å². The minimum Gasteiger partial charge on any atom is -0.496 e. The largest absolute Gasteiger partial charge is 0.496 e. The number of nitrogens with two attached hydrogens (primary N) is 1. The van der Waals surface area contributed by atoms with E-state index in [-0.39, 0.29) is 10.8 Å². The van der Waals surface area contributed by atoms with Gasteiger partial charge in [-0.3, -0.25) is 4.79 Å². The lowest BCUT2D eigenvalue weighted by Gasteiger charge is -2.22. The van der Waals surface area contributed by atoms with Crippen LogP contribution in [0, 0.1) is 5.92 Å². The molecule has 2 aliphatic rings. The van der Waals surface area contributed by atoms with Gasteiger partial charge in [-0.1, -0.05) is 12.8 Å². The highest BCUT2D eigenvalue weighted by Crippen LogP contribution is 2.28. The van der Waals surface area contributed by atoms with E-state index in [0.717, 1.165) is 32.1 Å². The van der Waals surface area contributed by atoms with Crippen LogP contribution in [0.15, 0.2) is 23.1 Å². The molecular weight excluding hydrogens is 366 g/mol. The first-order chi connectivity index (χ1) is 13.0. The molecule has 3 rings (SSSR count). The second kappa shape index (κ2) is 8.58. The van der Waals surface area contributed by atoms with Crippen LogP contribution in [-0.4, -0.2) is 63.4 Å². The molecule has 27 heavy (non-hydrogen) atoms. The molecule has 2 fully saturated rings. The number of methoxy groups -OCH3 is 1. The Labute approximate surface area is 161 Å². The van der Waals surface area contributed by atoms with E-state index in [1.54, 1.807) is 11.0 Å². The number of rotatable bonds is 5. The molecule has 2 N–H and O–H groups in total. The number of amides is 1. The van der Waals surface area contributed by atoms with Gasteiger partial charge in [-0.25, -0.2) is 8.42 Å². The fraction of sp³-hybridized carbons (Fsp3) is 0.632. The Morgan fingerprint density at radius 3 is 2.48 bits per heavy atom. The molecular formula is C19H29N3O4S. The molecule has 1 atom stereocenters. The first-order valence-electron chi connectivity index (χ1n) is 9.65. The van der Waals surface area contributed by atoms with Crippen molar-refractivity contribution in [2.45, 2.75) is 37.0 Å². The second-order valence-corrected chi connectivity index (χ2v) is 9.26. The highest BCUT2D eigenvalue weighted by atomic mass is 32.2. The number of sulfonamides is 1. The molecule has 7 nitrogen and oxygen atoms in total. The summed E-state index contributed by atoms with van der Waals surface area (Å²) in [5, 5.41) is 0. The van der Waals surface area contributed by atoms with E-state index in [4.69, 9.17) is 10.5 Å². The summed E-state index contributed by atoms with van der Waals surface area (Å²) in [6, 6.07) is 4.58. The van der Waals surface area contributed by atoms with E-state index in [1.165, 1.54) is 23.5 Å². The smallest absolute Gasteiger partial charge is 0.257 e. The summed E-state index contributed by atoms with van der Waals surface area (Å²) in [7, 11) is -2.13. The molecule has 0 radical (unpaired) electrons. The summed E-state index contributed by atoms with van der Waals surface area (Å²) in [4.78, 5) is 14.9. The maximum atomic E-state index is 13.1. The predicted octanol–water partition coefficient (Wildman–Crippen LogP) is 1.68. The van der Waals surface area contributed by atoms with Crippen molar-refractivity contribution < 1.29 is 17.9 Å². The van der Waals surface area contributed by atoms with Gasteiger partial charge in [-0.2, -0.15) is 4.31 Å². The summed E-state index contributed by atoms with van der Waals surface area (Å²) in [6.07, 6.45) is 4.71. The van der Waals surface area contributed by atoms with Gasteiger partial charge in [-0.05, 0) is 49.9 Å². The molecule has 8 heteroatoms. The zero-order valence-corrected chi connectivity index (χ0v) is 16.7. The van der Waals surface area contributed by atoms with Crippen LogP contribution in [0.5, 0.6) is 5.75 Å². The lowest BCUT2D eigenvalue weighted by molar-refractivity contribution is 0.0784. The molecule has 150 valence electrons. The van der Waals surface area contributed by atoms with Gasteiger partial charge < -0.3 is 15.4 Å². The molecule has 2 saturated heterocycles. The third kappa shape index (κ3) is 4.28. The van der Waals surface area contributed by atoms with Crippen molar-refractivity contribution in [2.24, 2.45) is 11.7 Å². The number of carbonyl (C=O) groups is 1. The molecule has 1 unspecified atom stereocenters. The third-order valence-corrected chi connectivity index (χ3v) is 7.41. The van der Waals surface area contributed by atoms with Crippen LogP contribution in [0.25, 0.3) is 0 Å². The van der Waals surface area contributed by atoms with Crippen LogP contribution in [0.3, 0.4) is 0 Å². The number of hydrogen-bond acceptors (Lipinski definition) is 5. The van der Waals surface area contributed by atoms with E-state index < -0.39 is 10.0 Å². The van der Waals surface area contributed by atoms with Crippen molar-refractivity contribution in [2.75, 3.05) is 39.8 Å². The number of carbonyl (C=O) groups excluding carboxylic acids is 1. The maximum absolute atomic E-state index is 13.1. The maximum Gasteiger partial charge on any atom is 0.257 e. The average molecular weight is 396 g/mol. The quantitative estimate of drug-likeness (QED) is 0.819. The third-order valence-electron chi connectivity index (χ3n) is 5.51. The Morgan fingerprint density at radius 1 is 1.19 bits per heavy atom. The SMILES string of the molecule is COc1ccc(S(=O)(=O)N2CCCCCC2)cc1C(=O)N1CCC(CN)C1. The molecule has 0 spiro atoms. The molecule has 1 amide bonds. The van der Waals surface area contributed by atoms with Crippen molar-refractivity contribution in [3.8, 4) is 5.75 Å². The Bertz CT molecular complexity index is 773. The van der Waals surface area contributed by atoms with Gasteiger partial charge >= 0.3 is 0 Å². The summed E-state index contributed by atoms with van der Waals surface area (Å²) < 4.78 is 33.0. The first-order valence-corrected chi connectivity index (χ1v) is 11.1. The number of nitrogens with zero attached hydrogens (tertiary/aromatic N) is 2. The first kappa shape index (κ1) is 20.1. The van der Waals surface area contributed by atoms with Crippen molar-refractivity contribution >= 4 is 15.9 Å². The van der Waals surface area contributed by atoms with Gasteiger partial charge in [0.25, 0.3) is 5.91 Å². The summed E-state index contributed by atoms with van der Waals surface area (Å²) in [5.41, 5.74) is 6.02. The van der Waals surface area contributed by atoms with Gasteiger partial charge in [0.05, 0.1) is 17.6 Å². The highest BCUT2D eigenvalue weighted by molar-refractivity contribution is 7.89. The fourth-order valence-corrected chi connectivity index (χ4v) is 5.37. The number of benzene rings is 1. The topological polar surface area (TPSA) is 92.9 Å². The monoisotopic (exact) mass is 395 g/mol. The van der Waals surface area contributed by atoms with E-state index in [0.29, 0.717) is 50.0 Å². The van der Waals surface area contributed by atoms with Crippen molar-refractivity contribution in [3.63, 3.8) is 0 Å². The van der Waals surface area contributed by atoms with E-state index in [1.807, 2.05) is 0 Å². The van der Waals surface area contributed by atoms with Crippen LogP contribution < -0.4 is 10.5 Å². The lowest BCUT2D eigenvalue weighted by atomic mass is 10.1. The summed E-state index contributed by atoms with van der Waals surface area (Å²) >= 11 is 0. The molecule has 2 heterocycles. The second-order valence-electron chi connectivity index (χ2n) is 7.32. The lowest BCUT2D eigenvalue weighted by Crippen LogP contribution is -2.33. The predicted molar refractivity (Wildman–Crippen MR) is 103 cm³/mol. The van der Waals surface area contributed by atoms with Crippen LogP contribution in [-0.2, 0) is 10.0 Å². The Balaban J connectivity index is 1.90. The van der Waals surface area contributed by atoms with Gasteiger partial charge in [-0.15, -0.1) is 0 Å².